The molecule has 0 bridgehead atoms. The van der Waals surface area contributed by atoms with Crippen LogP contribution in [0.5, 0.6) is 5.75 Å². The quantitative estimate of drug-likeness (QED) is 0.372. The number of amides is 2. The lowest BCUT2D eigenvalue weighted by atomic mass is 10.1. The van der Waals surface area contributed by atoms with E-state index in [2.05, 4.69) is 27.6 Å². The van der Waals surface area contributed by atoms with E-state index in [1.807, 2.05) is 47.0 Å². The molecule has 0 aliphatic rings. The topological polar surface area (TPSA) is 91.0 Å². The fourth-order valence-electron chi connectivity index (χ4n) is 3.57. The van der Waals surface area contributed by atoms with Gasteiger partial charge in [-0.05, 0) is 36.2 Å². The van der Waals surface area contributed by atoms with E-state index in [9.17, 15) is 9.59 Å². The number of carbonyl (C=O) groups excluding carboxylic acids is 2. The number of ether oxygens (including phenoxy) is 1. The largest absolute Gasteiger partial charge is 0.496 e. The van der Waals surface area contributed by atoms with E-state index in [0.717, 1.165) is 12.0 Å². The van der Waals surface area contributed by atoms with Crippen LogP contribution in [0.2, 0.25) is 0 Å². The molecule has 174 valence electrons. The van der Waals surface area contributed by atoms with Crippen LogP contribution in [-0.4, -0.2) is 44.0 Å². The van der Waals surface area contributed by atoms with Gasteiger partial charge in [-0.1, -0.05) is 54.2 Å². The van der Waals surface area contributed by atoms with Crippen molar-refractivity contribution in [2.75, 3.05) is 12.9 Å². The van der Waals surface area contributed by atoms with Crippen molar-refractivity contribution in [3.63, 3.8) is 0 Å². The van der Waals surface area contributed by atoms with Gasteiger partial charge >= 0.3 is 0 Å². The maximum Gasteiger partial charge on any atom is 0.274 e. The number of para-hydroxylation sites is 1. The highest BCUT2D eigenvalue weighted by Gasteiger charge is 2.19. The third-order valence-electron chi connectivity index (χ3n) is 5.29. The fraction of sp³-hybridized carbons (Fsp3) is 0.200. The number of carbonyl (C=O) groups is 2. The van der Waals surface area contributed by atoms with Crippen LogP contribution in [0.1, 0.15) is 16.1 Å². The molecular formula is C25H25N5O3S. The van der Waals surface area contributed by atoms with Crippen molar-refractivity contribution in [2.24, 2.45) is 7.05 Å². The molecule has 0 saturated heterocycles. The van der Waals surface area contributed by atoms with Crippen LogP contribution >= 0.6 is 11.8 Å². The minimum atomic E-state index is -0.432. The number of nitrogens with one attached hydrogen (secondary N) is 1. The number of nitrogens with zero attached hydrogens (tertiary/aromatic N) is 4. The molecule has 0 fully saturated rings. The second-order valence-corrected chi connectivity index (χ2v) is 8.51. The van der Waals surface area contributed by atoms with Gasteiger partial charge in [0.15, 0.2) is 11.0 Å². The smallest absolute Gasteiger partial charge is 0.274 e. The van der Waals surface area contributed by atoms with Crippen LogP contribution in [0.25, 0.3) is 11.4 Å². The van der Waals surface area contributed by atoms with E-state index in [4.69, 9.17) is 4.74 Å². The van der Waals surface area contributed by atoms with Crippen LogP contribution in [0.3, 0.4) is 0 Å². The highest BCUT2D eigenvalue weighted by Crippen LogP contribution is 2.31. The third kappa shape index (κ3) is 5.37. The summed E-state index contributed by atoms with van der Waals surface area (Å²) in [6.07, 6.45) is 2.52. The van der Waals surface area contributed by atoms with Crippen molar-refractivity contribution in [1.29, 1.82) is 0 Å². The summed E-state index contributed by atoms with van der Waals surface area (Å²) in [5.41, 5.74) is 2.42. The highest BCUT2D eigenvalue weighted by atomic mass is 32.2. The SMILES string of the molecule is COc1ccccc1-c1nnc(SCC(=O)NC(=O)c2cccn2C)n1CCc1ccccc1. The molecule has 0 atom stereocenters. The lowest BCUT2D eigenvalue weighted by Gasteiger charge is -2.12. The van der Waals surface area contributed by atoms with Gasteiger partial charge in [0.05, 0.1) is 18.4 Å². The van der Waals surface area contributed by atoms with Gasteiger partial charge in [0.1, 0.15) is 11.4 Å². The Labute approximate surface area is 202 Å². The lowest BCUT2D eigenvalue weighted by molar-refractivity contribution is -0.117. The van der Waals surface area contributed by atoms with E-state index in [0.29, 0.717) is 29.0 Å². The van der Waals surface area contributed by atoms with Crippen molar-refractivity contribution in [3.8, 4) is 17.1 Å². The minimum absolute atomic E-state index is 0.0333. The Morgan fingerprint density at radius 1 is 1.00 bits per heavy atom. The zero-order chi connectivity index (χ0) is 23.9. The molecule has 9 heteroatoms. The number of benzene rings is 2. The molecule has 2 aromatic carbocycles. The Morgan fingerprint density at radius 2 is 1.76 bits per heavy atom. The Hall–Kier alpha value is -3.85. The molecule has 34 heavy (non-hydrogen) atoms. The van der Waals surface area contributed by atoms with Crippen molar-refractivity contribution in [1.82, 2.24) is 24.6 Å². The van der Waals surface area contributed by atoms with E-state index in [-0.39, 0.29) is 5.75 Å². The molecule has 0 radical (unpaired) electrons. The predicted octanol–water partition coefficient (Wildman–Crippen LogP) is 3.58. The first-order chi connectivity index (χ1) is 16.6. The zero-order valence-electron chi connectivity index (χ0n) is 19.0. The zero-order valence-corrected chi connectivity index (χ0v) is 19.8. The lowest BCUT2D eigenvalue weighted by Crippen LogP contribution is -2.33. The molecule has 2 amide bonds. The van der Waals surface area contributed by atoms with Gasteiger partial charge in [-0.25, -0.2) is 0 Å². The number of aryl methyl sites for hydroxylation is 2. The van der Waals surface area contributed by atoms with Crippen molar-refractivity contribution in [2.45, 2.75) is 18.1 Å². The summed E-state index contributed by atoms with van der Waals surface area (Å²) in [5.74, 6) is 0.562. The summed E-state index contributed by atoms with van der Waals surface area (Å²) in [5, 5.41) is 11.8. The molecule has 0 spiro atoms. The number of hydrogen-bond acceptors (Lipinski definition) is 6. The van der Waals surface area contributed by atoms with Crippen molar-refractivity contribution >= 4 is 23.6 Å². The first-order valence-corrected chi connectivity index (χ1v) is 11.7. The first-order valence-electron chi connectivity index (χ1n) is 10.8. The van der Waals surface area contributed by atoms with Gasteiger partial charge in [-0.2, -0.15) is 0 Å². The van der Waals surface area contributed by atoms with Crippen molar-refractivity contribution < 1.29 is 14.3 Å². The van der Waals surface area contributed by atoms with Gasteiger partial charge < -0.3 is 13.9 Å². The molecule has 0 saturated carbocycles. The van der Waals surface area contributed by atoms with E-state index < -0.39 is 11.8 Å². The van der Waals surface area contributed by atoms with Crippen LogP contribution in [0.4, 0.5) is 0 Å². The van der Waals surface area contributed by atoms with Crippen LogP contribution in [-0.2, 0) is 24.8 Å². The molecule has 4 rings (SSSR count). The van der Waals surface area contributed by atoms with E-state index in [1.54, 1.807) is 37.1 Å². The summed E-state index contributed by atoms with van der Waals surface area (Å²) in [7, 11) is 3.37. The van der Waals surface area contributed by atoms with E-state index in [1.165, 1.54) is 17.3 Å². The second kappa shape index (κ2) is 10.8. The maximum atomic E-state index is 12.5. The number of rotatable bonds is 9. The number of aromatic nitrogens is 4. The fourth-order valence-corrected chi connectivity index (χ4v) is 4.33. The molecule has 4 aromatic rings. The molecule has 2 heterocycles. The van der Waals surface area contributed by atoms with Gasteiger partial charge in [-0.3, -0.25) is 14.9 Å². The number of thioether (sulfide) groups is 1. The maximum absolute atomic E-state index is 12.5. The molecule has 0 unspecified atom stereocenters. The van der Waals surface area contributed by atoms with Gasteiger partial charge in [0.2, 0.25) is 5.91 Å². The second-order valence-electron chi connectivity index (χ2n) is 7.56. The molecule has 1 N–H and O–H groups in total. The number of methoxy groups -OCH3 is 1. The molecule has 2 aromatic heterocycles. The Kier molecular flexibility index (Phi) is 7.44. The van der Waals surface area contributed by atoms with Crippen LogP contribution in [0.15, 0.2) is 78.1 Å². The highest BCUT2D eigenvalue weighted by molar-refractivity contribution is 7.99. The average Bonchev–Trinajstić information content (AvgIpc) is 3.47. The first kappa shape index (κ1) is 23.3. The Balaban J connectivity index is 1.53. The standard InChI is InChI=1S/C25H25N5O3S/c1-29-15-8-12-20(29)24(32)26-22(31)17-34-25-28-27-23(19-11-6-7-13-21(19)33-2)30(25)16-14-18-9-4-3-5-10-18/h3-13,15H,14,16-17H2,1-2H3,(H,26,31,32). The normalized spacial score (nSPS) is 10.8. The Bertz CT molecular complexity index is 1280. The third-order valence-corrected chi connectivity index (χ3v) is 6.26. The van der Waals surface area contributed by atoms with Gasteiger partial charge in [-0.15, -0.1) is 10.2 Å². The monoisotopic (exact) mass is 475 g/mol. The summed E-state index contributed by atoms with van der Waals surface area (Å²) >= 11 is 1.24. The molecule has 0 aliphatic heterocycles. The average molecular weight is 476 g/mol. The number of imide groups is 1. The van der Waals surface area contributed by atoms with Gasteiger partial charge in [0.25, 0.3) is 5.91 Å². The predicted molar refractivity (Wildman–Crippen MR) is 131 cm³/mol. The Morgan fingerprint density at radius 3 is 2.50 bits per heavy atom. The molecule has 8 nitrogen and oxygen atoms in total. The van der Waals surface area contributed by atoms with Crippen molar-refractivity contribution in [3.05, 3.63) is 84.2 Å². The molecular weight excluding hydrogens is 450 g/mol. The van der Waals surface area contributed by atoms with Crippen LogP contribution in [0, 0.1) is 0 Å². The minimum Gasteiger partial charge on any atom is -0.496 e. The summed E-state index contributed by atoms with van der Waals surface area (Å²) in [6, 6.07) is 21.2. The molecule has 0 aliphatic carbocycles. The summed E-state index contributed by atoms with van der Waals surface area (Å²) in [6.45, 7) is 0.622. The summed E-state index contributed by atoms with van der Waals surface area (Å²) < 4.78 is 9.17. The van der Waals surface area contributed by atoms with E-state index >= 15 is 0 Å². The number of hydrogen-bond donors (Lipinski definition) is 1. The van der Waals surface area contributed by atoms with Crippen LogP contribution < -0.4 is 10.1 Å². The van der Waals surface area contributed by atoms with Gasteiger partial charge in [0, 0.05) is 19.8 Å². The summed E-state index contributed by atoms with van der Waals surface area (Å²) in [4.78, 5) is 24.8.